The fourth-order valence-electron chi connectivity index (χ4n) is 2.21. The van der Waals surface area contributed by atoms with Crippen molar-refractivity contribution in [1.29, 1.82) is 0 Å². The molecule has 0 aliphatic heterocycles. The molecule has 0 aromatic heterocycles. The van der Waals surface area contributed by atoms with Crippen LogP contribution in [0.4, 0.5) is 0 Å². The van der Waals surface area contributed by atoms with E-state index >= 15 is 0 Å². The zero-order valence-electron chi connectivity index (χ0n) is 12.4. The molecule has 0 unspecified atom stereocenters. The molecule has 0 amide bonds. The minimum absolute atomic E-state index is 0.214. The lowest BCUT2D eigenvalue weighted by molar-refractivity contribution is 0.439. The van der Waals surface area contributed by atoms with Gasteiger partial charge in [0.15, 0.2) is 0 Å². The Bertz CT molecular complexity index is 410. The van der Waals surface area contributed by atoms with Crippen molar-refractivity contribution in [1.82, 2.24) is 0 Å². The highest BCUT2D eigenvalue weighted by molar-refractivity contribution is 5.47. The quantitative estimate of drug-likeness (QED) is 0.697. The zero-order valence-corrected chi connectivity index (χ0v) is 12.4. The van der Waals surface area contributed by atoms with E-state index in [0.29, 0.717) is 12.0 Å². The van der Waals surface area contributed by atoms with Gasteiger partial charge in [-0.3, -0.25) is 0 Å². The predicted octanol–water partition coefficient (Wildman–Crippen LogP) is 4.73. The van der Waals surface area contributed by atoms with Gasteiger partial charge in [-0.05, 0) is 50.3 Å². The molecule has 0 radical (unpaired) electrons. The number of hydrogen-bond donors (Lipinski definition) is 2. The summed E-state index contributed by atoms with van der Waals surface area (Å²) in [5.41, 5.74) is 2.95. The highest BCUT2D eigenvalue weighted by atomic mass is 16.3. The Morgan fingerprint density at radius 1 is 1.11 bits per heavy atom. The molecular formula is C17H26O2. The summed E-state index contributed by atoms with van der Waals surface area (Å²) in [6.07, 6.45) is 7.96. The number of phenolic OH excluding ortho intramolecular Hbond substituents is 2. The Balaban J connectivity index is 2.82. The first kappa shape index (κ1) is 15.6. The molecule has 1 aromatic carbocycles. The van der Waals surface area contributed by atoms with E-state index in [4.69, 9.17) is 0 Å². The van der Waals surface area contributed by atoms with Gasteiger partial charge in [0.25, 0.3) is 0 Å². The molecule has 106 valence electrons. The van der Waals surface area contributed by atoms with E-state index in [1.165, 1.54) is 5.57 Å². The first-order chi connectivity index (χ1) is 9.08. The van der Waals surface area contributed by atoms with Crippen molar-refractivity contribution < 1.29 is 10.2 Å². The molecule has 0 aliphatic carbocycles. The molecule has 0 saturated carbocycles. The minimum Gasteiger partial charge on any atom is -0.508 e. The summed E-state index contributed by atoms with van der Waals surface area (Å²) in [4.78, 5) is 0. The normalized spacial score (nSPS) is 11.8. The van der Waals surface area contributed by atoms with Crippen LogP contribution < -0.4 is 0 Å². The smallest absolute Gasteiger partial charge is 0.123 e. The van der Waals surface area contributed by atoms with E-state index in [0.717, 1.165) is 37.7 Å². The summed E-state index contributed by atoms with van der Waals surface area (Å²) < 4.78 is 0. The lowest BCUT2D eigenvalue weighted by Crippen LogP contribution is -1.91. The molecule has 0 saturated heterocycles. The Morgan fingerprint density at radius 2 is 1.74 bits per heavy atom. The van der Waals surface area contributed by atoms with Gasteiger partial charge >= 0.3 is 0 Å². The number of rotatable bonds is 7. The van der Waals surface area contributed by atoms with E-state index in [1.54, 1.807) is 12.1 Å². The first-order valence-electron chi connectivity index (χ1n) is 7.27. The van der Waals surface area contributed by atoms with Crippen molar-refractivity contribution >= 4 is 0 Å². The van der Waals surface area contributed by atoms with Crippen LogP contribution in [0, 0.1) is 0 Å². The van der Waals surface area contributed by atoms with Crippen molar-refractivity contribution in [3.63, 3.8) is 0 Å². The zero-order chi connectivity index (χ0) is 14.3. The molecule has 0 fully saturated rings. The molecule has 1 rings (SSSR count). The van der Waals surface area contributed by atoms with Crippen molar-refractivity contribution in [3.8, 4) is 11.5 Å². The number of unbranched alkanes of at least 4 members (excludes halogenated alkanes) is 1. The molecular weight excluding hydrogens is 236 g/mol. The SMILES string of the molecule is CCCCc1cc(O)c(C/C=C(/C)CCC)c(O)c1. The Labute approximate surface area is 116 Å². The lowest BCUT2D eigenvalue weighted by Gasteiger charge is -2.09. The molecule has 2 heteroatoms. The van der Waals surface area contributed by atoms with Crippen LogP contribution in [-0.4, -0.2) is 10.2 Å². The summed E-state index contributed by atoms with van der Waals surface area (Å²) in [5.74, 6) is 0.429. The number of allylic oxidation sites excluding steroid dienone is 2. The minimum atomic E-state index is 0.214. The van der Waals surface area contributed by atoms with Gasteiger partial charge in [0.2, 0.25) is 0 Å². The maximum absolute atomic E-state index is 10.0. The van der Waals surface area contributed by atoms with E-state index in [-0.39, 0.29) is 11.5 Å². The molecule has 0 bridgehead atoms. The van der Waals surface area contributed by atoms with Crippen LogP contribution in [0.15, 0.2) is 23.8 Å². The van der Waals surface area contributed by atoms with E-state index < -0.39 is 0 Å². The maximum Gasteiger partial charge on any atom is 0.123 e. The highest BCUT2D eigenvalue weighted by Gasteiger charge is 2.08. The molecule has 0 spiro atoms. The molecule has 2 N–H and O–H groups in total. The summed E-state index contributed by atoms with van der Waals surface area (Å²) in [6.45, 7) is 6.37. The summed E-state index contributed by atoms with van der Waals surface area (Å²) >= 11 is 0. The van der Waals surface area contributed by atoms with Crippen molar-refractivity contribution in [2.24, 2.45) is 0 Å². The monoisotopic (exact) mass is 262 g/mol. The third kappa shape index (κ3) is 4.98. The Hall–Kier alpha value is -1.44. The predicted molar refractivity (Wildman–Crippen MR) is 80.8 cm³/mol. The maximum atomic E-state index is 10.0. The number of benzene rings is 1. The van der Waals surface area contributed by atoms with Gasteiger partial charge in [0.1, 0.15) is 11.5 Å². The van der Waals surface area contributed by atoms with Crippen LogP contribution in [0.5, 0.6) is 11.5 Å². The second-order valence-corrected chi connectivity index (χ2v) is 5.22. The summed E-state index contributed by atoms with van der Waals surface area (Å²) in [6, 6.07) is 3.57. The van der Waals surface area contributed by atoms with Crippen molar-refractivity contribution in [2.75, 3.05) is 0 Å². The van der Waals surface area contributed by atoms with Gasteiger partial charge in [-0.25, -0.2) is 0 Å². The summed E-state index contributed by atoms with van der Waals surface area (Å²) in [5, 5.41) is 20.1. The number of phenols is 2. The fourth-order valence-corrected chi connectivity index (χ4v) is 2.21. The van der Waals surface area contributed by atoms with Crippen molar-refractivity contribution in [3.05, 3.63) is 34.9 Å². The molecule has 19 heavy (non-hydrogen) atoms. The van der Waals surface area contributed by atoms with E-state index in [1.807, 2.05) is 0 Å². The average Bonchev–Trinajstić information content (AvgIpc) is 2.35. The van der Waals surface area contributed by atoms with Crippen molar-refractivity contribution in [2.45, 2.75) is 59.3 Å². The number of hydrogen-bond acceptors (Lipinski definition) is 2. The van der Waals surface area contributed by atoms with Crippen LogP contribution in [-0.2, 0) is 12.8 Å². The van der Waals surface area contributed by atoms with E-state index in [9.17, 15) is 10.2 Å². The van der Waals surface area contributed by atoms with E-state index in [2.05, 4.69) is 26.8 Å². The molecule has 0 heterocycles. The van der Waals surface area contributed by atoms with Gasteiger partial charge in [-0.2, -0.15) is 0 Å². The van der Waals surface area contributed by atoms with Gasteiger partial charge in [0.05, 0.1) is 0 Å². The van der Waals surface area contributed by atoms with Crippen LogP contribution in [0.25, 0.3) is 0 Å². The van der Waals surface area contributed by atoms with Crippen LogP contribution >= 0.6 is 0 Å². The standard InChI is InChI=1S/C17H26O2/c1-4-6-8-14-11-16(18)15(17(19)12-14)10-9-13(3)7-5-2/h9,11-12,18-19H,4-8,10H2,1-3H3/b13-9-. The Kier molecular flexibility index (Phi) is 6.48. The topological polar surface area (TPSA) is 40.5 Å². The third-order valence-corrected chi connectivity index (χ3v) is 3.38. The lowest BCUT2D eigenvalue weighted by atomic mass is 10.0. The second-order valence-electron chi connectivity index (χ2n) is 5.22. The fraction of sp³-hybridized carbons (Fsp3) is 0.529. The van der Waals surface area contributed by atoms with Crippen LogP contribution in [0.2, 0.25) is 0 Å². The van der Waals surface area contributed by atoms with Gasteiger partial charge in [0, 0.05) is 5.56 Å². The number of aryl methyl sites for hydroxylation is 1. The molecule has 2 nitrogen and oxygen atoms in total. The number of aromatic hydroxyl groups is 2. The largest absolute Gasteiger partial charge is 0.508 e. The molecule has 0 atom stereocenters. The Morgan fingerprint density at radius 3 is 2.26 bits per heavy atom. The van der Waals surface area contributed by atoms with Gasteiger partial charge in [-0.15, -0.1) is 0 Å². The summed E-state index contributed by atoms with van der Waals surface area (Å²) in [7, 11) is 0. The molecule has 0 aliphatic rings. The first-order valence-corrected chi connectivity index (χ1v) is 7.27. The average molecular weight is 262 g/mol. The van der Waals surface area contributed by atoms with Gasteiger partial charge < -0.3 is 10.2 Å². The van der Waals surface area contributed by atoms with Crippen LogP contribution in [0.3, 0.4) is 0 Å². The third-order valence-electron chi connectivity index (χ3n) is 3.38. The second kappa shape index (κ2) is 7.88. The highest BCUT2D eigenvalue weighted by Crippen LogP contribution is 2.30. The van der Waals surface area contributed by atoms with Gasteiger partial charge in [-0.1, -0.05) is 38.3 Å². The molecule has 1 aromatic rings. The van der Waals surface area contributed by atoms with Crippen LogP contribution in [0.1, 0.15) is 57.6 Å².